The van der Waals surface area contributed by atoms with Crippen LogP contribution in [-0.2, 0) is 0 Å². The van der Waals surface area contributed by atoms with Crippen molar-refractivity contribution in [3.8, 4) is 0 Å². The Balaban J connectivity index is 3.14. The molecule has 64 valence electrons. The zero-order valence-corrected chi connectivity index (χ0v) is 9.95. The standard InChI is InChI=1S/C8H6Br2ClN/c9-8(10)4-5-3-6(11)1-2-7(5)12/h1-4H,12H2. The van der Waals surface area contributed by atoms with Gasteiger partial charge in [0.05, 0.1) is 3.39 Å². The largest absolute Gasteiger partial charge is 0.398 e. The Labute approximate surface area is 92.8 Å². The Hall–Kier alpha value is 0.01000. The van der Waals surface area contributed by atoms with Crippen molar-refractivity contribution in [3.05, 3.63) is 32.2 Å². The first kappa shape index (κ1) is 10.1. The zero-order chi connectivity index (χ0) is 9.14. The second kappa shape index (κ2) is 4.30. The van der Waals surface area contributed by atoms with Gasteiger partial charge in [0.25, 0.3) is 0 Å². The molecule has 0 fully saturated rings. The number of hydrogen-bond donors (Lipinski definition) is 1. The topological polar surface area (TPSA) is 26.0 Å². The molecule has 1 rings (SSSR count). The van der Waals surface area contributed by atoms with Gasteiger partial charge in [-0.05, 0) is 56.1 Å². The lowest BCUT2D eigenvalue weighted by atomic mass is 10.2. The zero-order valence-electron chi connectivity index (χ0n) is 6.02. The lowest BCUT2D eigenvalue weighted by molar-refractivity contribution is 1.64. The summed E-state index contributed by atoms with van der Waals surface area (Å²) in [5.41, 5.74) is 7.29. The Kier molecular flexibility index (Phi) is 3.62. The van der Waals surface area contributed by atoms with E-state index in [-0.39, 0.29) is 0 Å². The van der Waals surface area contributed by atoms with Crippen LogP contribution in [0, 0.1) is 0 Å². The molecule has 0 aliphatic carbocycles. The van der Waals surface area contributed by atoms with Crippen LogP contribution >= 0.6 is 43.5 Å². The predicted octanol–water partition coefficient (Wildman–Crippen LogP) is 4.01. The van der Waals surface area contributed by atoms with E-state index in [9.17, 15) is 0 Å². The Morgan fingerprint density at radius 2 is 2.08 bits per heavy atom. The van der Waals surface area contributed by atoms with Crippen LogP contribution in [0.3, 0.4) is 0 Å². The lowest BCUT2D eigenvalue weighted by Gasteiger charge is -2.00. The number of nitrogen functional groups attached to an aromatic ring is 1. The molecule has 1 aromatic carbocycles. The third-order valence-corrected chi connectivity index (χ3v) is 2.01. The Bertz CT molecular complexity index is 319. The second-order valence-corrected chi connectivity index (χ2v) is 5.42. The molecule has 0 bridgehead atoms. The average Bonchev–Trinajstić information content (AvgIpc) is 1.96. The molecule has 0 unspecified atom stereocenters. The first-order valence-corrected chi connectivity index (χ1v) is 5.13. The molecule has 0 atom stereocenters. The van der Waals surface area contributed by atoms with Crippen LogP contribution in [0.25, 0.3) is 6.08 Å². The SMILES string of the molecule is Nc1ccc(Cl)cc1C=C(Br)Br. The maximum Gasteiger partial charge on any atom is 0.0610 e. The highest BCUT2D eigenvalue weighted by atomic mass is 79.9. The highest BCUT2D eigenvalue weighted by molar-refractivity contribution is 9.28. The van der Waals surface area contributed by atoms with Gasteiger partial charge in [0.2, 0.25) is 0 Å². The van der Waals surface area contributed by atoms with Gasteiger partial charge >= 0.3 is 0 Å². The Morgan fingerprint density at radius 3 is 2.67 bits per heavy atom. The molecule has 12 heavy (non-hydrogen) atoms. The third kappa shape index (κ3) is 2.81. The van der Waals surface area contributed by atoms with Crippen LogP contribution in [-0.4, -0.2) is 0 Å². The molecule has 0 saturated heterocycles. The van der Waals surface area contributed by atoms with Crippen molar-refractivity contribution >= 4 is 55.2 Å². The van der Waals surface area contributed by atoms with Crippen LogP contribution < -0.4 is 5.73 Å². The highest BCUT2D eigenvalue weighted by Gasteiger charge is 1.96. The molecular formula is C8H6Br2ClN. The van der Waals surface area contributed by atoms with Gasteiger partial charge in [0, 0.05) is 16.3 Å². The van der Waals surface area contributed by atoms with Crippen LogP contribution in [0.2, 0.25) is 5.02 Å². The van der Waals surface area contributed by atoms with E-state index in [1.807, 2.05) is 6.08 Å². The fourth-order valence-electron chi connectivity index (χ4n) is 0.788. The van der Waals surface area contributed by atoms with Crippen molar-refractivity contribution in [2.24, 2.45) is 0 Å². The van der Waals surface area contributed by atoms with Gasteiger partial charge in [0.15, 0.2) is 0 Å². The maximum absolute atomic E-state index is 5.78. The molecule has 1 nitrogen and oxygen atoms in total. The first-order valence-electron chi connectivity index (χ1n) is 3.17. The van der Waals surface area contributed by atoms with E-state index >= 15 is 0 Å². The second-order valence-electron chi connectivity index (χ2n) is 2.21. The summed E-state index contributed by atoms with van der Waals surface area (Å²) in [6.07, 6.45) is 1.85. The van der Waals surface area contributed by atoms with Gasteiger partial charge in [-0.15, -0.1) is 0 Å². The molecule has 0 heterocycles. The number of rotatable bonds is 1. The molecule has 2 N–H and O–H groups in total. The molecule has 0 aliphatic rings. The van der Waals surface area contributed by atoms with Crippen LogP contribution in [0.15, 0.2) is 21.6 Å². The van der Waals surface area contributed by atoms with Crippen molar-refractivity contribution in [2.75, 3.05) is 5.73 Å². The van der Waals surface area contributed by atoms with Crippen molar-refractivity contribution < 1.29 is 0 Å². The maximum atomic E-state index is 5.78. The summed E-state index contributed by atoms with van der Waals surface area (Å²) in [5, 5.41) is 0.678. The van der Waals surface area contributed by atoms with Gasteiger partial charge in [0.1, 0.15) is 0 Å². The predicted molar refractivity (Wildman–Crippen MR) is 61.7 cm³/mol. The summed E-state index contributed by atoms with van der Waals surface area (Å²) < 4.78 is 0.837. The number of anilines is 1. The smallest absolute Gasteiger partial charge is 0.0610 e. The summed E-state index contributed by atoms with van der Waals surface area (Å²) in [6.45, 7) is 0. The molecule has 1 aromatic rings. The quantitative estimate of drug-likeness (QED) is 0.779. The molecular weight excluding hydrogens is 305 g/mol. The summed E-state index contributed by atoms with van der Waals surface area (Å²) >= 11 is 12.3. The number of benzene rings is 1. The summed E-state index contributed by atoms with van der Waals surface area (Å²) in [5.74, 6) is 0. The van der Waals surface area contributed by atoms with Crippen LogP contribution in [0.1, 0.15) is 5.56 Å². The fourth-order valence-corrected chi connectivity index (χ4v) is 1.46. The van der Waals surface area contributed by atoms with E-state index in [1.54, 1.807) is 18.2 Å². The third-order valence-electron chi connectivity index (χ3n) is 1.31. The number of halogens is 3. The molecule has 0 saturated carbocycles. The molecule has 0 radical (unpaired) electrons. The number of hydrogen-bond acceptors (Lipinski definition) is 1. The van der Waals surface area contributed by atoms with Crippen molar-refractivity contribution in [1.29, 1.82) is 0 Å². The van der Waals surface area contributed by atoms with Gasteiger partial charge in [-0.1, -0.05) is 11.6 Å². The molecule has 0 aliphatic heterocycles. The highest BCUT2D eigenvalue weighted by Crippen LogP contribution is 2.24. The van der Waals surface area contributed by atoms with E-state index in [2.05, 4.69) is 31.9 Å². The van der Waals surface area contributed by atoms with Crippen LogP contribution in [0.5, 0.6) is 0 Å². The van der Waals surface area contributed by atoms with Gasteiger partial charge in [-0.25, -0.2) is 0 Å². The van der Waals surface area contributed by atoms with Crippen LogP contribution in [0.4, 0.5) is 5.69 Å². The van der Waals surface area contributed by atoms with E-state index < -0.39 is 0 Å². The van der Waals surface area contributed by atoms with Gasteiger partial charge in [-0.2, -0.15) is 0 Å². The molecule has 0 amide bonds. The number of nitrogens with two attached hydrogens (primary N) is 1. The van der Waals surface area contributed by atoms with E-state index in [4.69, 9.17) is 17.3 Å². The van der Waals surface area contributed by atoms with E-state index in [0.29, 0.717) is 10.7 Å². The summed E-state index contributed by atoms with van der Waals surface area (Å²) in [6, 6.07) is 5.34. The van der Waals surface area contributed by atoms with E-state index in [0.717, 1.165) is 8.96 Å². The van der Waals surface area contributed by atoms with E-state index in [1.165, 1.54) is 0 Å². The normalized spacial score (nSPS) is 9.58. The average molecular weight is 311 g/mol. The van der Waals surface area contributed by atoms with Crippen molar-refractivity contribution in [2.45, 2.75) is 0 Å². The minimum absolute atomic E-state index is 0.678. The first-order chi connectivity index (χ1) is 5.59. The monoisotopic (exact) mass is 309 g/mol. The minimum atomic E-state index is 0.678. The molecule has 4 heteroatoms. The van der Waals surface area contributed by atoms with Gasteiger partial charge < -0.3 is 5.73 Å². The fraction of sp³-hybridized carbons (Fsp3) is 0. The minimum Gasteiger partial charge on any atom is -0.398 e. The Morgan fingerprint density at radius 1 is 1.42 bits per heavy atom. The van der Waals surface area contributed by atoms with Crippen molar-refractivity contribution in [1.82, 2.24) is 0 Å². The lowest BCUT2D eigenvalue weighted by Crippen LogP contribution is -1.88. The van der Waals surface area contributed by atoms with Crippen molar-refractivity contribution in [3.63, 3.8) is 0 Å². The summed E-state index contributed by atoms with van der Waals surface area (Å²) in [7, 11) is 0. The summed E-state index contributed by atoms with van der Waals surface area (Å²) in [4.78, 5) is 0. The van der Waals surface area contributed by atoms with Gasteiger partial charge in [-0.3, -0.25) is 0 Å². The molecule has 0 spiro atoms. The molecule has 0 aromatic heterocycles.